The molecule has 1 aromatic carbocycles. The predicted molar refractivity (Wildman–Crippen MR) is 91.8 cm³/mol. The Bertz CT molecular complexity index is 640. The molecular formula is C17H24N4O3. The summed E-state index contributed by atoms with van der Waals surface area (Å²) in [7, 11) is 0. The molecule has 7 nitrogen and oxygen atoms in total. The third-order valence-electron chi connectivity index (χ3n) is 3.50. The summed E-state index contributed by atoms with van der Waals surface area (Å²) in [4.78, 5) is 18.0. The van der Waals surface area contributed by atoms with Gasteiger partial charge < -0.3 is 25.9 Å². The minimum absolute atomic E-state index is 0.227. The predicted octanol–water partition coefficient (Wildman–Crippen LogP) is 1.30. The number of H-pyrrole nitrogens is 1. The summed E-state index contributed by atoms with van der Waals surface area (Å²) in [6, 6.07) is 7.23. The van der Waals surface area contributed by atoms with Gasteiger partial charge in [-0.1, -0.05) is 13.3 Å². The lowest BCUT2D eigenvalue weighted by atomic mass is 10.2. The Morgan fingerprint density at radius 1 is 1.42 bits per heavy atom. The first-order valence-electron chi connectivity index (χ1n) is 8.07. The van der Waals surface area contributed by atoms with E-state index in [0.717, 1.165) is 24.9 Å². The number of hydrogen-bond donors (Lipinski definition) is 4. The first-order valence-corrected chi connectivity index (χ1v) is 8.07. The average Bonchev–Trinajstić information content (AvgIpc) is 3.08. The zero-order chi connectivity index (χ0) is 17.4. The summed E-state index contributed by atoms with van der Waals surface area (Å²) in [6.07, 6.45) is 3.08. The maximum absolute atomic E-state index is 11.1. The first-order chi connectivity index (χ1) is 11.6. The number of carbonyl (C=O) groups excluding carboxylic acids is 1. The molecule has 1 heterocycles. The number of hydrogen-bond acceptors (Lipinski definition) is 5. The second-order valence-electron chi connectivity index (χ2n) is 5.56. The van der Waals surface area contributed by atoms with Gasteiger partial charge in [0.1, 0.15) is 30.0 Å². The highest BCUT2D eigenvalue weighted by Gasteiger charge is 2.08. The number of aliphatic hydroxyl groups is 1. The molecule has 0 saturated carbocycles. The van der Waals surface area contributed by atoms with Gasteiger partial charge in [-0.25, -0.2) is 4.98 Å². The van der Waals surface area contributed by atoms with Crippen molar-refractivity contribution in [3.05, 3.63) is 36.2 Å². The number of unbranched alkanes of at least 4 members (excludes halogenated alkanes) is 1. The third-order valence-corrected chi connectivity index (χ3v) is 3.50. The van der Waals surface area contributed by atoms with Crippen molar-refractivity contribution in [3.63, 3.8) is 0 Å². The van der Waals surface area contributed by atoms with Gasteiger partial charge in [0.2, 0.25) is 0 Å². The van der Waals surface area contributed by atoms with Crippen molar-refractivity contribution in [1.82, 2.24) is 15.3 Å². The highest BCUT2D eigenvalue weighted by molar-refractivity contribution is 5.91. The van der Waals surface area contributed by atoms with Gasteiger partial charge in [-0.2, -0.15) is 0 Å². The van der Waals surface area contributed by atoms with E-state index in [0.29, 0.717) is 18.1 Å². The van der Waals surface area contributed by atoms with Crippen LogP contribution in [0.4, 0.5) is 0 Å². The largest absolute Gasteiger partial charge is 0.491 e. The Morgan fingerprint density at radius 2 is 2.17 bits per heavy atom. The van der Waals surface area contributed by atoms with Crippen molar-refractivity contribution in [2.75, 3.05) is 19.7 Å². The lowest BCUT2D eigenvalue weighted by Gasteiger charge is -2.13. The number of nitrogens with zero attached hydrogens (tertiary/aromatic N) is 1. The Balaban J connectivity index is 1.82. The highest BCUT2D eigenvalue weighted by atomic mass is 16.5. The number of aromatic amines is 1. The Kier molecular flexibility index (Phi) is 6.77. The van der Waals surface area contributed by atoms with E-state index in [9.17, 15) is 9.90 Å². The van der Waals surface area contributed by atoms with E-state index in [1.165, 1.54) is 6.20 Å². The van der Waals surface area contributed by atoms with Crippen LogP contribution in [0.3, 0.4) is 0 Å². The number of carbonyl (C=O) groups is 1. The minimum Gasteiger partial charge on any atom is -0.491 e. The van der Waals surface area contributed by atoms with Crippen LogP contribution < -0.4 is 15.8 Å². The van der Waals surface area contributed by atoms with E-state index in [1.807, 2.05) is 12.1 Å². The molecule has 0 spiro atoms. The van der Waals surface area contributed by atoms with E-state index in [-0.39, 0.29) is 12.3 Å². The average molecular weight is 332 g/mol. The fraction of sp³-hybridized carbons (Fsp3) is 0.412. The Labute approximate surface area is 141 Å². The molecule has 1 atom stereocenters. The van der Waals surface area contributed by atoms with Crippen LogP contribution in [0, 0.1) is 0 Å². The van der Waals surface area contributed by atoms with Crippen molar-refractivity contribution in [3.8, 4) is 17.1 Å². The van der Waals surface area contributed by atoms with Gasteiger partial charge in [-0.3, -0.25) is 4.79 Å². The second-order valence-corrected chi connectivity index (χ2v) is 5.56. The molecular weight excluding hydrogens is 308 g/mol. The van der Waals surface area contributed by atoms with Crippen LogP contribution in [-0.2, 0) is 0 Å². The topological polar surface area (TPSA) is 113 Å². The molecule has 0 saturated heterocycles. The van der Waals surface area contributed by atoms with Gasteiger partial charge in [-0.05, 0) is 37.2 Å². The molecule has 0 aliphatic rings. The molecule has 0 aliphatic heterocycles. The van der Waals surface area contributed by atoms with E-state index in [4.69, 9.17) is 10.5 Å². The zero-order valence-corrected chi connectivity index (χ0v) is 13.8. The number of aromatic nitrogens is 2. The molecule has 0 radical (unpaired) electrons. The van der Waals surface area contributed by atoms with Crippen molar-refractivity contribution >= 4 is 5.91 Å². The molecule has 2 rings (SSSR count). The van der Waals surface area contributed by atoms with Crippen molar-refractivity contribution in [1.29, 1.82) is 0 Å². The number of rotatable bonds is 10. The minimum atomic E-state index is -0.551. The summed E-state index contributed by atoms with van der Waals surface area (Å²) >= 11 is 0. The van der Waals surface area contributed by atoms with E-state index < -0.39 is 12.0 Å². The number of amides is 1. The molecule has 24 heavy (non-hydrogen) atoms. The second kappa shape index (κ2) is 9.05. The van der Waals surface area contributed by atoms with Crippen LogP contribution in [0.25, 0.3) is 11.4 Å². The molecule has 0 fully saturated rings. The molecule has 1 aromatic heterocycles. The number of nitrogens with one attached hydrogen (secondary N) is 2. The van der Waals surface area contributed by atoms with Crippen LogP contribution in [-0.4, -0.2) is 46.8 Å². The third kappa shape index (κ3) is 5.36. The monoisotopic (exact) mass is 332 g/mol. The molecule has 130 valence electrons. The number of benzene rings is 1. The number of aliphatic hydroxyl groups excluding tert-OH is 1. The highest BCUT2D eigenvalue weighted by Crippen LogP contribution is 2.20. The van der Waals surface area contributed by atoms with Crippen LogP contribution in [0.15, 0.2) is 30.5 Å². The van der Waals surface area contributed by atoms with Crippen molar-refractivity contribution in [2.24, 2.45) is 5.73 Å². The van der Waals surface area contributed by atoms with Gasteiger partial charge in [0.05, 0.1) is 6.20 Å². The Morgan fingerprint density at radius 3 is 2.79 bits per heavy atom. The molecule has 1 unspecified atom stereocenters. The normalized spacial score (nSPS) is 12.1. The fourth-order valence-electron chi connectivity index (χ4n) is 2.12. The van der Waals surface area contributed by atoms with Gasteiger partial charge in [0, 0.05) is 12.1 Å². The summed E-state index contributed by atoms with van der Waals surface area (Å²) in [6.45, 7) is 3.77. The number of imidazole rings is 1. The quantitative estimate of drug-likeness (QED) is 0.490. The lowest BCUT2D eigenvalue weighted by molar-refractivity contribution is 0.0996. The van der Waals surface area contributed by atoms with Gasteiger partial charge in [-0.15, -0.1) is 0 Å². The van der Waals surface area contributed by atoms with Crippen LogP contribution >= 0.6 is 0 Å². The van der Waals surface area contributed by atoms with Gasteiger partial charge >= 0.3 is 0 Å². The fourth-order valence-corrected chi connectivity index (χ4v) is 2.12. The number of ether oxygens (including phenoxy) is 1. The maximum Gasteiger partial charge on any atom is 0.266 e. The van der Waals surface area contributed by atoms with Gasteiger partial charge in [0.25, 0.3) is 5.91 Å². The number of nitrogens with two attached hydrogens (primary N) is 1. The maximum atomic E-state index is 11.1. The summed E-state index contributed by atoms with van der Waals surface area (Å²) in [5, 5.41) is 13.0. The SMILES string of the molecule is CCCCNCC(O)COc1ccc(-c2ncc(C(N)=O)[nH]2)cc1. The lowest BCUT2D eigenvalue weighted by Crippen LogP contribution is -2.31. The Hall–Kier alpha value is -2.38. The van der Waals surface area contributed by atoms with Crippen LogP contribution in [0.2, 0.25) is 0 Å². The molecule has 5 N–H and O–H groups in total. The standard InChI is InChI=1S/C17H24N4O3/c1-2-3-8-19-9-13(22)11-24-14-6-4-12(5-7-14)17-20-10-15(21-17)16(18)23/h4-7,10,13,19,22H,2-3,8-9,11H2,1H3,(H2,18,23)(H,20,21). The van der Waals surface area contributed by atoms with E-state index in [2.05, 4.69) is 22.2 Å². The van der Waals surface area contributed by atoms with Gasteiger partial charge in [0.15, 0.2) is 0 Å². The molecule has 2 aromatic rings. The number of primary amides is 1. The van der Waals surface area contributed by atoms with Crippen LogP contribution in [0.5, 0.6) is 5.75 Å². The van der Waals surface area contributed by atoms with E-state index >= 15 is 0 Å². The summed E-state index contributed by atoms with van der Waals surface area (Å²) in [5.74, 6) is 0.679. The smallest absolute Gasteiger partial charge is 0.266 e. The van der Waals surface area contributed by atoms with Crippen molar-refractivity contribution < 1.29 is 14.6 Å². The summed E-state index contributed by atoms with van der Waals surface area (Å²) in [5.41, 5.74) is 6.27. The van der Waals surface area contributed by atoms with Crippen LogP contribution in [0.1, 0.15) is 30.3 Å². The molecule has 0 bridgehead atoms. The molecule has 0 aliphatic carbocycles. The van der Waals surface area contributed by atoms with E-state index in [1.54, 1.807) is 12.1 Å². The molecule has 1 amide bonds. The zero-order valence-electron chi connectivity index (χ0n) is 13.8. The molecule has 7 heteroatoms. The van der Waals surface area contributed by atoms with Crippen molar-refractivity contribution in [2.45, 2.75) is 25.9 Å². The first kappa shape index (κ1) is 18.0. The summed E-state index contributed by atoms with van der Waals surface area (Å²) < 4.78 is 5.56.